The molecule has 1 heterocycles. The predicted molar refractivity (Wildman–Crippen MR) is 65.2 cm³/mol. The summed E-state index contributed by atoms with van der Waals surface area (Å²) in [5.41, 5.74) is 1.83. The normalized spacial score (nSPS) is 12.4. The van der Waals surface area contributed by atoms with Gasteiger partial charge in [-0.15, -0.1) is 0 Å². The zero-order chi connectivity index (χ0) is 13.1. The fourth-order valence-electron chi connectivity index (χ4n) is 1.63. The minimum Gasteiger partial charge on any atom is -0.483 e. The summed E-state index contributed by atoms with van der Waals surface area (Å²) in [6.45, 7) is 5.67. The van der Waals surface area contributed by atoms with E-state index in [1.807, 2.05) is 25.1 Å². The van der Waals surface area contributed by atoms with Gasteiger partial charge in [-0.05, 0) is 44.0 Å². The third-order valence-corrected chi connectivity index (χ3v) is 2.60. The summed E-state index contributed by atoms with van der Waals surface area (Å²) in [5.74, 6) is 1.79. The Morgan fingerprint density at radius 2 is 2.17 bits per heavy atom. The average Bonchev–Trinajstić information content (AvgIpc) is 2.73. The smallest absolute Gasteiger partial charge is 0.264 e. The van der Waals surface area contributed by atoms with Crippen LogP contribution in [0.5, 0.6) is 5.75 Å². The van der Waals surface area contributed by atoms with Crippen LogP contribution in [0.25, 0.3) is 0 Å². The summed E-state index contributed by atoms with van der Waals surface area (Å²) in [6, 6.07) is 5.58. The molecule has 0 saturated heterocycles. The highest BCUT2D eigenvalue weighted by Gasteiger charge is 2.07. The maximum Gasteiger partial charge on any atom is 0.264 e. The van der Waals surface area contributed by atoms with Gasteiger partial charge in [0.2, 0.25) is 0 Å². The van der Waals surface area contributed by atoms with Gasteiger partial charge in [0, 0.05) is 0 Å². The molecule has 0 saturated carbocycles. The molecule has 0 bridgehead atoms. The zero-order valence-corrected chi connectivity index (χ0v) is 10.7. The highest BCUT2D eigenvalue weighted by molar-refractivity contribution is 5.36. The van der Waals surface area contributed by atoms with Gasteiger partial charge < -0.3 is 14.4 Å². The molecule has 0 aliphatic carbocycles. The van der Waals surface area contributed by atoms with Crippen LogP contribution in [-0.4, -0.2) is 15.2 Å². The van der Waals surface area contributed by atoms with Crippen molar-refractivity contribution in [2.45, 2.75) is 33.5 Å². The Morgan fingerprint density at radius 1 is 1.39 bits per heavy atom. The van der Waals surface area contributed by atoms with E-state index in [1.165, 1.54) is 0 Å². The number of hydrogen-bond donors (Lipinski definition) is 1. The van der Waals surface area contributed by atoms with Gasteiger partial charge in [-0.3, -0.25) is 0 Å². The van der Waals surface area contributed by atoms with Gasteiger partial charge in [-0.25, -0.2) is 0 Å². The number of ether oxygens (including phenoxy) is 1. The standard InChI is InChI=1S/C13H16N2O3/c1-8-6-11(9(2)16)4-5-12(8)17-7-13-14-10(3)15-18-13/h4-6,9,16H,7H2,1-3H3/t9-/m1/s1. The van der Waals surface area contributed by atoms with Crippen LogP contribution in [0.1, 0.15) is 35.9 Å². The van der Waals surface area contributed by atoms with Crippen molar-refractivity contribution in [3.05, 3.63) is 41.0 Å². The molecule has 0 aliphatic heterocycles. The third-order valence-electron chi connectivity index (χ3n) is 2.60. The first-order valence-corrected chi connectivity index (χ1v) is 5.77. The Morgan fingerprint density at radius 3 is 2.72 bits per heavy atom. The summed E-state index contributed by atoms with van der Waals surface area (Å²) < 4.78 is 10.6. The molecule has 0 unspecified atom stereocenters. The third kappa shape index (κ3) is 2.87. The van der Waals surface area contributed by atoms with Crippen molar-refractivity contribution in [2.24, 2.45) is 0 Å². The number of aryl methyl sites for hydroxylation is 2. The molecule has 0 radical (unpaired) electrons. The number of hydrogen-bond acceptors (Lipinski definition) is 5. The molecule has 2 aromatic rings. The summed E-state index contributed by atoms with van der Waals surface area (Å²) in [4.78, 5) is 4.06. The van der Waals surface area contributed by atoms with E-state index < -0.39 is 6.10 Å². The van der Waals surface area contributed by atoms with Crippen molar-refractivity contribution in [3.8, 4) is 5.75 Å². The molecular weight excluding hydrogens is 232 g/mol. The molecule has 1 aromatic heterocycles. The Hall–Kier alpha value is -1.88. The monoisotopic (exact) mass is 248 g/mol. The highest BCUT2D eigenvalue weighted by Crippen LogP contribution is 2.23. The maximum atomic E-state index is 9.48. The molecule has 2 rings (SSSR count). The maximum absolute atomic E-state index is 9.48. The molecule has 0 aliphatic rings. The molecule has 0 spiro atoms. The van der Waals surface area contributed by atoms with Crippen LogP contribution in [0.2, 0.25) is 0 Å². The van der Waals surface area contributed by atoms with Gasteiger partial charge in [0.05, 0.1) is 6.10 Å². The van der Waals surface area contributed by atoms with E-state index in [0.717, 1.165) is 16.9 Å². The van der Waals surface area contributed by atoms with Crippen molar-refractivity contribution in [1.29, 1.82) is 0 Å². The summed E-state index contributed by atoms with van der Waals surface area (Å²) in [5, 5.41) is 13.2. The molecule has 0 amide bonds. The second-order valence-electron chi connectivity index (χ2n) is 4.22. The van der Waals surface area contributed by atoms with Crippen LogP contribution < -0.4 is 4.74 Å². The predicted octanol–water partition coefficient (Wildman–Crippen LogP) is 2.32. The summed E-state index contributed by atoms with van der Waals surface area (Å²) in [6.07, 6.45) is -0.476. The minimum absolute atomic E-state index is 0.246. The van der Waals surface area contributed by atoms with Crippen molar-refractivity contribution < 1.29 is 14.4 Å². The SMILES string of the molecule is Cc1noc(COc2ccc([C@@H](C)O)cc2C)n1. The second-order valence-corrected chi connectivity index (χ2v) is 4.22. The lowest BCUT2D eigenvalue weighted by Gasteiger charge is -2.10. The first-order chi connectivity index (χ1) is 8.56. The van der Waals surface area contributed by atoms with Crippen LogP contribution in [0.15, 0.2) is 22.7 Å². The summed E-state index contributed by atoms with van der Waals surface area (Å²) in [7, 11) is 0. The van der Waals surface area contributed by atoms with E-state index in [0.29, 0.717) is 11.7 Å². The van der Waals surface area contributed by atoms with Crippen LogP contribution in [0.3, 0.4) is 0 Å². The van der Waals surface area contributed by atoms with E-state index in [9.17, 15) is 5.11 Å². The first-order valence-electron chi connectivity index (χ1n) is 5.77. The topological polar surface area (TPSA) is 68.4 Å². The largest absolute Gasteiger partial charge is 0.483 e. The van der Waals surface area contributed by atoms with Gasteiger partial charge in [0.1, 0.15) is 5.75 Å². The van der Waals surface area contributed by atoms with Crippen LogP contribution >= 0.6 is 0 Å². The summed E-state index contributed by atoms with van der Waals surface area (Å²) >= 11 is 0. The lowest BCUT2D eigenvalue weighted by atomic mass is 10.1. The van der Waals surface area contributed by atoms with Crippen LogP contribution in [0, 0.1) is 13.8 Å². The number of aliphatic hydroxyl groups excluding tert-OH is 1. The molecular formula is C13H16N2O3. The van der Waals surface area contributed by atoms with Gasteiger partial charge >= 0.3 is 0 Å². The Labute approximate surface area is 105 Å². The number of aliphatic hydroxyl groups is 1. The van der Waals surface area contributed by atoms with Crippen LogP contribution in [0.4, 0.5) is 0 Å². The van der Waals surface area contributed by atoms with Gasteiger partial charge in [-0.2, -0.15) is 4.98 Å². The van der Waals surface area contributed by atoms with Crippen LogP contribution in [-0.2, 0) is 6.61 Å². The zero-order valence-electron chi connectivity index (χ0n) is 10.7. The van der Waals surface area contributed by atoms with Crippen molar-refractivity contribution in [3.63, 3.8) is 0 Å². The Balaban J connectivity index is 2.05. The Kier molecular flexibility index (Phi) is 3.62. The second kappa shape index (κ2) is 5.18. The molecule has 18 heavy (non-hydrogen) atoms. The van der Waals surface area contributed by atoms with E-state index in [1.54, 1.807) is 13.8 Å². The molecule has 5 heteroatoms. The number of aromatic nitrogens is 2. The molecule has 0 fully saturated rings. The van der Waals surface area contributed by atoms with Gasteiger partial charge in [0.25, 0.3) is 5.89 Å². The Bertz CT molecular complexity index is 535. The van der Waals surface area contributed by atoms with Crippen molar-refractivity contribution in [1.82, 2.24) is 10.1 Å². The first kappa shape index (κ1) is 12.6. The fourth-order valence-corrected chi connectivity index (χ4v) is 1.63. The molecule has 1 N–H and O–H groups in total. The van der Waals surface area contributed by atoms with Gasteiger partial charge in [-0.1, -0.05) is 11.2 Å². The average molecular weight is 248 g/mol. The quantitative estimate of drug-likeness (QED) is 0.899. The lowest BCUT2D eigenvalue weighted by Crippen LogP contribution is -1.99. The van der Waals surface area contributed by atoms with Crippen molar-refractivity contribution >= 4 is 0 Å². The fraction of sp³-hybridized carbons (Fsp3) is 0.385. The highest BCUT2D eigenvalue weighted by atomic mass is 16.5. The molecule has 96 valence electrons. The minimum atomic E-state index is -0.476. The van der Waals surface area contributed by atoms with E-state index in [4.69, 9.17) is 9.26 Å². The lowest BCUT2D eigenvalue weighted by molar-refractivity contribution is 0.198. The molecule has 1 aromatic carbocycles. The number of rotatable bonds is 4. The number of nitrogens with zero attached hydrogens (tertiary/aromatic N) is 2. The number of benzene rings is 1. The molecule has 1 atom stereocenters. The van der Waals surface area contributed by atoms with Gasteiger partial charge in [0.15, 0.2) is 12.4 Å². The van der Waals surface area contributed by atoms with Crippen molar-refractivity contribution in [2.75, 3.05) is 0 Å². The van der Waals surface area contributed by atoms with E-state index in [-0.39, 0.29) is 6.61 Å². The van der Waals surface area contributed by atoms with E-state index >= 15 is 0 Å². The van der Waals surface area contributed by atoms with E-state index in [2.05, 4.69) is 10.1 Å². The molecule has 5 nitrogen and oxygen atoms in total.